The van der Waals surface area contributed by atoms with Gasteiger partial charge in [-0.15, -0.1) is 0 Å². The molecule has 0 aromatic heterocycles. The second kappa shape index (κ2) is 3.47. The first kappa shape index (κ1) is 9.31. The number of aliphatic hydroxyl groups is 1. The molecule has 0 fully saturated rings. The van der Waals surface area contributed by atoms with Crippen LogP contribution >= 0.6 is 0 Å². The molecule has 1 unspecified atom stereocenters. The molecule has 0 aliphatic carbocycles. The first-order valence-corrected chi connectivity index (χ1v) is 4.44. The van der Waals surface area contributed by atoms with Crippen LogP contribution in [-0.4, -0.2) is 30.7 Å². The molecule has 0 heterocycles. The summed E-state index contributed by atoms with van der Waals surface area (Å²) in [6.45, 7) is 1.53. The Morgan fingerprint density at radius 1 is 1.56 bits per heavy atom. The molecule has 1 atom stereocenters. The van der Waals surface area contributed by atoms with Gasteiger partial charge >= 0.3 is 57.2 Å². The third-order valence-corrected chi connectivity index (χ3v) is 2.67. The fourth-order valence-corrected chi connectivity index (χ4v) is 1.35. The standard InChI is InChI=1S/C4H7AsF3O/c1-2-3(9)5-4(6,7)8/h3,9H,2H2,1H3. The average molecular weight is 203 g/mol. The van der Waals surface area contributed by atoms with Crippen LogP contribution in [0.2, 0.25) is 0 Å². The molecule has 0 aliphatic rings. The SMILES string of the molecule is CCC(O)[As]C(F)(F)F. The van der Waals surface area contributed by atoms with Crippen molar-refractivity contribution in [3.63, 3.8) is 0 Å². The van der Waals surface area contributed by atoms with E-state index in [4.69, 9.17) is 5.11 Å². The number of hydrogen-bond donors (Lipinski definition) is 1. The zero-order valence-corrected chi connectivity index (χ0v) is 6.69. The van der Waals surface area contributed by atoms with Gasteiger partial charge in [0.25, 0.3) is 0 Å². The van der Waals surface area contributed by atoms with Crippen LogP contribution in [-0.2, 0) is 0 Å². The van der Waals surface area contributed by atoms with Gasteiger partial charge in [0, 0.05) is 0 Å². The Kier molecular flexibility index (Phi) is 3.59. The van der Waals surface area contributed by atoms with Crippen LogP contribution in [0.4, 0.5) is 13.2 Å². The Morgan fingerprint density at radius 3 is 2.11 bits per heavy atom. The van der Waals surface area contributed by atoms with Crippen molar-refractivity contribution in [2.75, 3.05) is 0 Å². The van der Waals surface area contributed by atoms with E-state index >= 15 is 0 Å². The van der Waals surface area contributed by atoms with Crippen LogP contribution in [0.25, 0.3) is 0 Å². The van der Waals surface area contributed by atoms with Crippen LogP contribution in [0.1, 0.15) is 13.3 Å². The van der Waals surface area contributed by atoms with Gasteiger partial charge in [-0.05, 0) is 0 Å². The summed E-state index contributed by atoms with van der Waals surface area (Å²) >= 11 is -1.89. The van der Waals surface area contributed by atoms with Crippen molar-refractivity contribution < 1.29 is 18.3 Å². The van der Waals surface area contributed by atoms with Gasteiger partial charge in [0.05, 0.1) is 0 Å². The molecular formula is C4H7AsF3O. The Labute approximate surface area is 57.9 Å². The van der Waals surface area contributed by atoms with Gasteiger partial charge in [0.1, 0.15) is 0 Å². The van der Waals surface area contributed by atoms with E-state index in [0.717, 1.165) is 0 Å². The topological polar surface area (TPSA) is 20.2 Å². The van der Waals surface area contributed by atoms with E-state index in [1.54, 1.807) is 0 Å². The second-order valence-electron chi connectivity index (χ2n) is 1.49. The summed E-state index contributed by atoms with van der Waals surface area (Å²) in [7, 11) is 0. The third-order valence-electron chi connectivity index (χ3n) is 0.661. The molecule has 1 radical (unpaired) electrons. The van der Waals surface area contributed by atoms with Crippen molar-refractivity contribution >= 4 is 15.8 Å². The average Bonchev–Trinajstić information content (AvgIpc) is 1.62. The minimum absolute atomic E-state index is 0.194. The molecule has 0 aliphatic heterocycles. The van der Waals surface area contributed by atoms with E-state index in [-0.39, 0.29) is 6.42 Å². The molecule has 0 aromatic carbocycles. The number of halogens is 3. The predicted molar refractivity (Wildman–Crippen MR) is 28.1 cm³/mol. The summed E-state index contributed by atoms with van der Waals surface area (Å²) in [4.78, 5) is -5.27. The van der Waals surface area contributed by atoms with E-state index < -0.39 is 25.6 Å². The Morgan fingerprint density at radius 2 is 2.00 bits per heavy atom. The summed E-state index contributed by atoms with van der Waals surface area (Å²) < 4.78 is 34.1. The van der Waals surface area contributed by atoms with E-state index in [2.05, 4.69) is 0 Å². The van der Waals surface area contributed by atoms with E-state index in [1.165, 1.54) is 6.92 Å². The van der Waals surface area contributed by atoms with Crippen molar-refractivity contribution in [3.8, 4) is 0 Å². The molecule has 0 spiro atoms. The zero-order chi connectivity index (χ0) is 7.49. The van der Waals surface area contributed by atoms with Crippen molar-refractivity contribution in [3.05, 3.63) is 0 Å². The van der Waals surface area contributed by atoms with Crippen LogP contribution in [0.5, 0.6) is 0 Å². The first-order chi connectivity index (χ1) is 3.95. The number of rotatable bonds is 2. The number of aliphatic hydroxyl groups excluding tert-OH is 1. The molecule has 0 saturated carbocycles. The fourth-order valence-electron chi connectivity index (χ4n) is 0.260. The number of hydrogen-bond acceptors (Lipinski definition) is 1. The van der Waals surface area contributed by atoms with Gasteiger partial charge in [-0.25, -0.2) is 0 Å². The number of alkyl halides is 3. The fraction of sp³-hybridized carbons (Fsp3) is 1.00. The molecular weight excluding hydrogens is 196 g/mol. The van der Waals surface area contributed by atoms with Crippen molar-refractivity contribution in [1.82, 2.24) is 0 Å². The summed E-state index contributed by atoms with van der Waals surface area (Å²) in [6, 6.07) is 0. The van der Waals surface area contributed by atoms with E-state index in [0.29, 0.717) is 0 Å². The van der Waals surface area contributed by atoms with Gasteiger partial charge in [-0.1, -0.05) is 0 Å². The second-order valence-corrected chi connectivity index (χ2v) is 4.34. The van der Waals surface area contributed by atoms with E-state index in [1.807, 2.05) is 0 Å². The minimum atomic E-state index is -4.13. The van der Waals surface area contributed by atoms with Gasteiger partial charge in [-0.2, -0.15) is 0 Å². The molecule has 0 bridgehead atoms. The molecule has 0 amide bonds. The van der Waals surface area contributed by atoms with Crippen LogP contribution in [0.15, 0.2) is 0 Å². The zero-order valence-electron chi connectivity index (χ0n) is 4.81. The van der Waals surface area contributed by atoms with Crippen molar-refractivity contribution in [2.45, 2.75) is 23.2 Å². The summed E-state index contributed by atoms with van der Waals surface area (Å²) in [6.07, 6.45) is 0.194. The molecule has 1 nitrogen and oxygen atoms in total. The molecule has 0 aromatic rings. The van der Waals surface area contributed by atoms with Gasteiger partial charge in [0.15, 0.2) is 0 Å². The molecule has 0 rings (SSSR count). The van der Waals surface area contributed by atoms with Crippen LogP contribution in [0.3, 0.4) is 0 Å². The maximum absolute atomic E-state index is 11.4. The molecule has 0 saturated heterocycles. The predicted octanol–water partition coefficient (Wildman–Crippen LogP) is 0.939. The Bertz CT molecular complexity index is 82.4. The monoisotopic (exact) mass is 203 g/mol. The van der Waals surface area contributed by atoms with Gasteiger partial charge in [0.2, 0.25) is 0 Å². The third kappa shape index (κ3) is 6.19. The molecule has 5 heteroatoms. The van der Waals surface area contributed by atoms with Crippen LogP contribution < -0.4 is 0 Å². The maximum atomic E-state index is 11.4. The summed E-state index contributed by atoms with van der Waals surface area (Å²) in [5.41, 5.74) is 0. The molecule has 1 N–H and O–H groups in total. The van der Waals surface area contributed by atoms with Crippen molar-refractivity contribution in [2.24, 2.45) is 0 Å². The van der Waals surface area contributed by atoms with Crippen LogP contribution in [0, 0.1) is 0 Å². The normalized spacial score (nSPS) is 17.0. The van der Waals surface area contributed by atoms with E-state index in [9.17, 15) is 13.2 Å². The van der Waals surface area contributed by atoms with Gasteiger partial charge < -0.3 is 0 Å². The van der Waals surface area contributed by atoms with Gasteiger partial charge in [-0.3, -0.25) is 0 Å². The molecule has 9 heavy (non-hydrogen) atoms. The first-order valence-electron chi connectivity index (χ1n) is 2.42. The summed E-state index contributed by atoms with van der Waals surface area (Å²) in [5, 5.41) is 8.52. The Balaban J connectivity index is 3.47. The molecule has 55 valence electrons. The van der Waals surface area contributed by atoms with Crippen molar-refractivity contribution in [1.29, 1.82) is 0 Å². The summed E-state index contributed by atoms with van der Waals surface area (Å²) in [5.74, 6) is 0. The Hall–Kier alpha value is 0.308. The quantitative estimate of drug-likeness (QED) is 0.662.